The van der Waals surface area contributed by atoms with Gasteiger partial charge >= 0.3 is 0 Å². The summed E-state index contributed by atoms with van der Waals surface area (Å²) in [4.78, 5) is 30.8. The first-order chi connectivity index (χ1) is 19.5. The summed E-state index contributed by atoms with van der Waals surface area (Å²) in [6.07, 6.45) is 0.686. The highest BCUT2D eigenvalue weighted by molar-refractivity contribution is 6.46. The number of amides is 1. The Morgan fingerprint density at radius 3 is 2.40 bits per heavy atom. The molecule has 2 aliphatic rings. The number of aryl methyl sites for hydroxylation is 1. The third-order valence-corrected chi connectivity index (χ3v) is 7.36. The fraction of sp³-hybridized carbons (Fsp3) is 0.312. The van der Waals surface area contributed by atoms with Crippen molar-refractivity contribution >= 4 is 17.4 Å². The number of ether oxygens (including phenoxy) is 3. The van der Waals surface area contributed by atoms with Gasteiger partial charge in [0.25, 0.3) is 11.7 Å². The van der Waals surface area contributed by atoms with Gasteiger partial charge in [-0.2, -0.15) is 0 Å². The summed E-state index contributed by atoms with van der Waals surface area (Å²) in [7, 11) is 1.57. The molecule has 208 valence electrons. The molecule has 40 heavy (non-hydrogen) atoms. The molecule has 5 rings (SSSR count). The summed E-state index contributed by atoms with van der Waals surface area (Å²) in [6.45, 7) is 6.07. The lowest BCUT2D eigenvalue weighted by molar-refractivity contribution is -0.140. The van der Waals surface area contributed by atoms with E-state index in [1.165, 1.54) is 0 Å². The summed E-state index contributed by atoms with van der Waals surface area (Å²) in [6, 6.07) is 21.2. The Balaban J connectivity index is 1.51. The molecule has 0 radical (unpaired) electrons. The summed E-state index contributed by atoms with van der Waals surface area (Å²) >= 11 is 0. The predicted octanol–water partition coefficient (Wildman–Crippen LogP) is 4.94. The molecule has 3 aromatic rings. The monoisotopic (exact) mass is 542 g/mol. The van der Waals surface area contributed by atoms with Gasteiger partial charge in [-0.05, 0) is 66.9 Å². The number of carbonyl (C=O) groups is 2. The van der Waals surface area contributed by atoms with Crippen LogP contribution in [0.25, 0.3) is 5.76 Å². The van der Waals surface area contributed by atoms with Crippen LogP contribution in [0.3, 0.4) is 0 Å². The molecule has 2 aliphatic heterocycles. The maximum atomic E-state index is 13.5. The van der Waals surface area contributed by atoms with Gasteiger partial charge in [0.2, 0.25) is 0 Å². The Morgan fingerprint density at radius 2 is 1.68 bits per heavy atom. The number of para-hydroxylation sites is 1. The summed E-state index contributed by atoms with van der Waals surface area (Å²) in [5, 5.41) is 11.5. The number of benzene rings is 3. The molecule has 0 saturated carbocycles. The second-order valence-electron chi connectivity index (χ2n) is 9.97. The first-order valence-electron chi connectivity index (χ1n) is 13.5. The summed E-state index contributed by atoms with van der Waals surface area (Å²) in [5.41, 5.74) is 1.97. The molecule has 0 unspecified atom stereocenters. The smallest absolute Gasteiger partial charge is 0.295 e. The van der Waals surface area contributed by atoms with E-state index in [4.69, 9.17) is 14.2 Å². The minimum atomic E-state index is -0.759. The molecule has 2 fully saturated rings. The van der Waals surface area contributed by atoms with Crippen molar-refractivity contribution in [3.05, 3.63) is 95.1 Å². The molecule has 1 N–H and O–H groups in total. The number of hydrogen-bond donors (Lipinski definition) is 1. The Morgan fingerprint density at radius 1 is 0.925 bits per heavy atom. The van der Waals surface area contributed by atoms with E-state index in [9.17, 15) is 14.7 Å². The van der Waals surface area contributed by atoms with Crippen molar-refractivity contribution in [3.8, 4) is 17.2 Å². The fourth-order valence-electron chi connectivity index (χ4n) is 5.29. The van der Waals surface area contributed by atoms with E-state index in [1.54, 1.807) is 30.2 Å². The first-order valence-corrected chi connectivity index (χ1v) is 13.5. The lowest BCUT2D eigenvalue weighted by Crippen LogP contribution is -2.38. The third-order valence-electron chi connectivity index (χ3n) is 7.36. The Labute approximate surface area is 234 Å². The van der Waals surface area contributed by atoms with Gasteiger partial charge < -0.3 is 24.2 Å². The molecule has 8 heteroatoms. The van der Waals surface area contributed by atoms with Crippen LogP contribution in [0.1, 0.15) is 29.2 Å². The van der Waals surface area contributed by atoms with Crippen LogP contribution in [0.5, 0.6) is 17.2 Å². The molecule has 0 spiro atoms. The third kappa shape index (κ3) is 5.88. The van der Waals surface area contributed by atoms with E-state index < -0.39 is 17.7 Å². The predicted molar refractivity (Wildman–Crippen MR) is 152 cm³/mol. The topological polar surface area (TPSA) is 88.5 Å². The lowest BCUT2D eigenvalue weighted by Gasteiger charge is -2.29. The fourth-order valence-corrected chi connectivity index (χ4v) is 5.29. The highest BCUT2D eigenvalue weighted by atomic mass is 16.5. The van der Waals surface area contributed by atoms with Crippen molar-refractivity contribution in [3.63, 3.8) is 0 Å². The number of hydrogen-bond acceptors (Lipinski definition) is 7. The molecular formula is C32H34N2O6. The van der Waals surface area contributed by atoms with E-state index in [-0.39, 0.29) is 11.3 Å². The number of aliphatic hydroxyl groups is 1. The van der Waals surface area contributed by atoms with Crippen LogP contribution >= 0.6 is 0 Å². The molecule has 8 nitrogen and oxygen atoms in total. The number of nitrogens with zero attached hydrogens (tertiary/aromatic N) is 2. The van der Waals surface area contributed by atoms with Crippen molar-refractivity contribution in [2.24, 2.45) is 0 Å². The SMILES string of the molecule is COc1ccc(C(O)=C2C(=O)C(=O)N(CCCN3CCOCC3)[C@H]2c2cccc(Oc3ccccc3)c2)c(C)c1. The number of likely N-dealkylation sites (tertiary alicyclic amines) is 1. The molecule has 1 atom stereocenters. The Bertz CT molecular complexity index is 1400. The van der Waals surface area contributed by atoms with Crippen molar-refractivity contribution in [1.82, 2.24) is 9.80 Å². The number of aliphatic hydroxyl groups excluding tert-OH is 1. The van der Waals surface area contributed by atoms with Crippen LogP contribution in [0, 0.1) is 6.92 Å². The molecular weight excluding hydrogens is 508 g/mol. The standard InChI is InChI=1S/C32H34N2O6/c1-22-20-25(38-2)12-13-27(22)30(35)28-29(23-8-6-11-26(21-23)40-24-9-4-3-5-10-24)34(32(37)31(28)36)15-7-14-33-16-18-39-19-17-33/h3-6,8-13,20-21,29,35H,7,14-19H2,1-2H3/t29-/m0/s1. The lowest BCUT2D eigenvalue weighted by atomic mass is 9.93. The zero-order valence-corrected chi connectivity index (χ0v) is 22.8. The van der Waals surface area contributed by atoms with Gasteiger partial charge in [0, 0.05) is 31.7 Å². The van der Waals surface area contributed by atoms with Crippen molar-refractivity contribution in [2.45, 2.75) is 19.4 Å². The van der Waals surface area contributed by atoms with E-state index in [2.05, 4.69) is 4.90 Å². The van der Waals surface area contributed by atoms with Crippen molar-refractivity contribution < 1.29 is 28.9 Å². The van der Waals surface area contributed by atoms with Gasteiger partial charge in [0.15, 0.2) is 0 Å². The van der Waals surface area contributed by atoms with Crippen LogP contribution in [-0.4, -0.2) is 73.1 Å². The number of ketones is 1. The summed E-state index contributed by atoms with van der Waals surface area (Å²) < 4.78 is 16.8. The number of morpholine rings is 1. The van der Waals surface area contributed by atoms with E-state index in [1.807, 2.05) is 61.5 Å². The molecule has 0 aliphatic carbocycles. The van der Waals surface area contributed by atoms with E-state index in [0.29, 0.717) is 54.6 Å². The zero-order valence-electron chi connectivity index (χ0n) is 22.8. The van der Waals surface area contributed by atoms with Crippen LogP contribution in [0.15, 0.2) is 78.4 Å². The largest absolute Gasteiger partial charge is 0.507 e. The summed E-state index contributed by atoms with van der Waals surface area (Å²) in [5.74, 6) is 0.373. The molecule has 2 heterocycles. The van der Waals surface area contributed by atoms with Gasteiger partial charge in [-0.1, -0.05) is 30.3 Å². The van der Waals surface area contributed by atoms with Gasteiger partial charge in [-0.15, -0.1) is 0 Å². The maximum absolute atomic E-state index is 13.5. The quantitative estimate of drug-likeness (QED) is 0.233. The number of rotatable bonds is 9. The Kier molecular flexibility index (Phi) is 8.48. The molecule has 0 bridgehead atoms. The van der Waals surface area contributed by atoms with Crippen LogP contribution in [0.4, 0.5) is 0 Å². The Hall–Kier alpha value is -4.14. The highest BCUT2D eigenvalue weighted by Crippen LogP contribution is 2.41. The molecule has 1 amide bonds. The number of carbonyl (C=O) groups excluding carboxylic acids is 2. The van der Waals surface area contributed by atoms with E-state index in [0.717, 1.165) is 25.2 Å². The van der Waals surface area contributed by atoms with Gasteiger partial charge in [0.1, 0.15) is 23.0 Å². The van der Waals surface area contributed by atoms with Crippen molar-refractivity contribution in [1.29, 1.82) is 0 Å². The van der Waals surface area contributed by atoms with Crippen molar-refractivity contribution in [2.75, 3.05) is 46.5 Å². The van der Waals surface area contributed by atoms with E-state index >= 15 is 0 Å². The van der Waals surface area contributed by atoms with Crippen LogP contribution < -0.4 is 9.47 Å². The average Bonchev–Trinajstić information content (AvgIpc) is 3.23. The molecule has 2 saturated heterocycles. The zero-order chi connectivity index (χ0) is 28.1. The second kappa shape index (κ2) is 12.4. The van der Waals surface area contributed by atoms with Crippen LogP contribution in [-0.2, 0) is 14.3 Å². The van der Waals surface area contributed by atoms with Gasteiger partial charge in [0.05, 0.1) is 31.9 Å². The van der Waals surface area contributed by atoms with Gasteiger partial charge in [-0.25, -0.2) is 0 Å². The van der Waals surface area contributed by atoms with Crippen LogP contribution in [0.2, 0.25) is 0 Å². The normalized spacial score (nSPS) is 19.1. The minimum absolute atomic E-state index is 0.0708. The van der Waals surface area contributed by atoms with Gasteiger partial charge in [-0.3, -0.25) is 14.5 Å². The highest BCUT2D eigenvalue weighted by Gasteiger charge is 2.46. The second-order valence-corrected chi connectivity index (χ2v) is 9.97. The maximum Gasteiger partial charge on any atom is 0.295 e. The average molecular weight is 543 g/mol. The molecule has 0 aromatic heterocycles. The first kappa shape index (κ1) is 27.4. The number of methoxy groups -OCH3 is 1. The minimum Gasteiger partial charge on any atom is -0.507 e. The number of Topliss-reactive ketones (excluding diaryl/α,β-unsaturated/α-hetero) is 1. The molecule has 3 aromatic carbocycles.